The number of esters is 2. The van der Waals surface area contributed by atoms with Gasteiger partial charge in [-0.3, -0.25) is 14.4 Å². The maximum atomic E-state index is 12.3. The quantitative estimate of drug-likeness (QED) is 0.0542. The molecule has 0 fully saturated rings. The lowest BCUT2D eigenvalue weighted by Gasteiger charge is -2.26. The highest BCUT2D eigenvalue weighted by Gasteiger charge is 2.34. The van der Waals surface area contributed by atoms with Gasteiger partial charge in [-0.25, -0.2) is 0 Å². The van der Waals surface area contributed by atoms with Gasteiger partial charge >= 0.3 is 17.9 Å². The number of aryl methyl sites for hydroxylation is 6. The van der Waals surface area contributed by atoms with Crippen LogP contribution in [0.1, 0.15) is 160 Å². The molecule has 3 atom stereocenters. The summed E-state index contributed by atoms with van der Waals surface area (Å²) in [6.07, 6.45) is 6.87. The maximum absolute atomic E-state index is 12.3. The summed E-state index contributed by atoms with van der Waals surface area (Å²) in [6.45, 7) is 34.0. The molecule has 0 saturated heterocycles. The zero-order valence-corrected chi connectivity index (χ0v) is 50.3. The Labute approximate surface area is 447 Å². The number of carboxylic acid groups (broad SMARTS) is 1. The van der Waals surface area contributed by atoms with Gasteiger partial charge in [0, 0.05) is 19.3 Å². The van der Waals surface area contributed by atoms with Crippen molar-refractivity contribution >= 4 is 77.3 Å². The predicted molar refractivity (Wildman–Crippen MR) is 296 cm³/mol. The zero-order valence-electron chi connectivity index (χ0n) is 44.8. The molecule has 0 radical (unpaired) electrons. The predicted octanol–water partition coefficient (Wildman–Crippen LogP) is 17.0. The van der Waals surface area contributed by atoms with Crippen molar-refractivity contribution in [1.82, 2.24) is 0 Å². The molecule has 3 aromatic carbocycles. The molecule has 0 heterocycles. The number of ether oxygens (including phenoxy) is 4. The minimum Gasteiger partial charge on any atom is -0.508 e. The highest BCUT2D eigenvalue weighted by atomic mass is 79.9. The number of carbonyl (C=O) groups is 3. The van der Waals surface area contributed by atoms with E-state index < -0.39 is 16.8 Å². The molecular formula is C56H86Br3ClO9. The Hall–Kier alpha value is -2.80. The molecule has 0 saturated carbocycles. The molecule has 392 valence electrons. The number of halogens is 4. The lowest BCUT2D eigenvalue weighted by molar-refractivity contribution is -0.157. The van der Waals surface area contributed by atoms with Crippen LogP contribution < -0.4 is 9.47 Å². The molecule has 0 bridgehead atoms. The second kappa shape index (κ2) is 33.0. The summed E-state index contributed by atoms with van der Waals surface area (Å²) in [4.78, 5) is 35.4. The Bertz CT molecular complexity index is 1990. The van der Waals surface area contributed by atoms with E-state index in [0.29, 0.717) is 62.7 Å². The second-order valence-corrected chi connectivity index (χ2v) is 22.8. The van der Waals surface area contributed by atoms with Gasteiger partial charge in [-0.05, 0) is 202 Å². The number of benzene rings is 3. The Morgan fingerprint density at radius 1 is 0.551 bits per heavy atom. The van der Waals surface area contributed by atoms with E-state index >= 15 is 0 Å². The van der Waals surface area contributed by atoms with Crippen LogP contribution in [0.15, 0.2) is 49.8 Å². The Morgan fingerprint density at radius 3 is 1.20 bits per heavy atom. The van der Waals surface area contributed by atoms with E-state index in [1.165, 1.54) is 0 Å². The number of carbonyl (C=O) groups excluding carboxylic acids is 2. The smallest absolute Gasteiger partial charge is 0.311 e. The number of aromatic hydroxyl groups is 1. The average Bonchev–Trinajstić information content (AvgIpc) is 3.29. The van der Waals surface area contributed by atoms with Gasteiger partial charge in [0.1, 0.15) is 17.2 Å². The van der Waals surface area contributed by atoms with Crippen LogP contribution in [0.3, 0.4) is 0 Å². The van der Waals surface area contributed by atoms with Gasteiger partial charge in [0.25, 0.3) is 0 Å². The normalized spacial score (nSPS) is 13.5. The first-order valence-electron chi connectivity index (χ1n) is 24.4. The summed E-state index contributed by atoms with van der Waals surface area (Å²) in [5, 5.41) is 18.4. The number of phenols is 1. The van der Waals surface area contributed by atoms with Crippen molar-refractivity contribution in [2.45, 2.75) is 169 Å². The molecule has 0 spiro atoms. The molecule has 0 aliphatic rings. The lowest BCUT2D eigenvalue weighted by atomic mass is 9.83. The minimum absolute atomic E-state index is 0.0798. The topological polar surface area (TPSA) is 129 Å². The molecule has 69 heavy (non-hydrogen) atoms. The first-order valence-corrected chi connectivity index (χ1v) is 27.4. The van der Waals surface area contributed by atoms with Gasteiger partial charge < -0.3 is 29.2 Å². The number of rotatable bonds is 23. The van der Waals surface area contributed by atoms with E-state index in [1.807, 2.05) is 115 Å². The van der Waals surface area contributed by atoms with E-state index in [9.17, 15) is 24.6 Å². The van der Waals surface area contributed by atoms with Crippen molar-refractivity contribution in [3.63, 3.8) is 0 Å². The summed E-state index contributed by atoms with van der Waals surface area (Å²) >= 11 is 16.0. The standard InChI is InChI=1S/C20H31BrO3.C16H23BrO3.C12H23ClO2.C8H9BrO/c1-7-20(6,19(22)24-13-14(2)3)9-8-10-23-18-12-15(4)17(21)11-16(18)5;1-5-16(4,15(18)19)7-6-8-20-14-10-11(2)13(17)9-12(14)3;1-5-12(4,7-6-8-13)11(14)15-9-10(2)3;1-5-4-8(10)6(2)3-7(5)9/h11-12,14H,7-10,13H2,1-6H3;9-10H,5-8H2,1-4H3,(H,18,19);10H,5-9H2,1-4H3;3-4,10H,1-2H3. The van der Waals surface area contributed by atoms with Crippen LogP contribution in [0.25, 0.3) is 0 Å². The number of alkyl halides is 1. The van der Waals surface area contributed by atoms with Crippen LogP contribution in [-0.4, -0.2) is 60.4 Å². The van der Waals surface area contributed by atoms with E-state index in [0.717, 1.165) is 103 Å². The van der Waals surface area contributed by atoms with Crippen molar-refractivity contribution in [1.29, 1.82) is 0 Å². The van der Waals surface area contributed by atoms with Crippen molar-refractivity contribution in [2.75, 3.05) is 32.3 Å². The molecule has 0 aromatic heterocycles. The van der Waals surface area contributed by atoms with Gasteiger partial charge in [0.2, 0.25) is 0 Å². The number of phenolic OH excluding ortho intramolecular Hbond substituents is 1. The highest BCUT2D eigenvalue weighted by Crippen LogP contribution is 2.33. The van der Waals surface area contributed by atoms with E-state index in [2.05, 4.69) is 66.8 Å². The van der Waals surface area contributed by atoms with Crippen molar-refractivity contribution < 1.29 is 43.5 Å². The summed E-state index contributed by atoms with van der Waals surface area (Å²) in [6, 6.07) is 11.8. The maximum Gasteiger partial charge on any atom is 0.311 e. The van der Waals surface area contributed by atoms with Crippen LogP contribution in [0.5, 0.6) is 17.2 Å². The fourth-order valence-electron chi connectivity index (χ4n) is 6.45. The average molecular weight is 1180 g/mol. The van der Waals surface area contributed by atoms with Gasteiger partial charge in [-0.15, -0.1) is 11.6 Å². The summed E-state index contributed by atoms with van der Waals surface area (Å²) in [7, 11) is 0. The highest BCUT2D eigenvalue weighted by molar-refractivity contribution is 9.11. The molecule has 3 unspecified atom stereocenters. The fraction of sp³-hybridized carbons (Fsp3) is 0.625. The SMILES string of the molecule is CCC(C)(CCCCl)C(=O)OCC(C)C.CCC(C)(CCCOc1cc(C)c(Br)cc1C)C(=O)O.CCC(C)(CCCOc1cc(C)c(Br)cc1C)C(=O)OCC(C)C.Cc1cc(Br)c(C)cc1O. The van der Waals surface area contributed by atoms with Crippen LogP contribution in [0.4, 0.5) is 0 Å². The molecular weight excluding hydrogens is 1090 g/mol. The molecule has 0 amide bonds. The monoisotopic (exact) mass is 1170 g/mol. The second-order valence-electron chi connectivity index (χ2n) is 19.9. The van der Waals surface area contributed by atoms with Gasteiger partial charge in [-0.2, -0.15) is 0 Å². The van der Waals surface area contributed by atoms with E-state index in [1.54, 1.807) is 13.0 Å². The Kier molecular flexibility index (Phi) is 31.7. The van der Waals surface area contributed by atoms with E-state index in [-0.39, 0.29) is 17.4 Å². The minimum atomic E-state index is -0.726. The molecule has 0 aliphatic heterocycles. The Balaban J connectivity index is 0.000000932. The number of aliphatic carboxylic acids is 1. The molecule has 2 N–H and O–H groups in total. The van der Waals surface area contributed by atoms with Crippen LogP contribution in [0.2, 0.25) is 0 Å². The molecule has 3 rings (SSSR count). The van der Waals surface area contributed by atoms with Crippen molar-refractivity contribution in [3.05, 3.63) is 83.2 Å². The van der Waals surface area contributed by atoms with Gasteiger partial charge in [0.05, 0.1) is 42.7 Å². The lowest BCUT2D eigenvalue weighted by Crippen LogP contribution is -2.30. The van der Waals surface area contributed by atoms with Crippen LogP contribution in [-0.2, 0) is 23.9 Å². The third-order valence-electron chi connectivity index (χ3n) is 12.5. The first kappa shape index (κ1) is 66.2. The summed E-state index contributed by atoms with van der Waals surface area (Å²) < 4.78 is 25.6. The largest absolute Gasteiger partial charge is 0.508 e. The van der Waals surface area contributed by atoms with E-state index in [4.69, 9.17) is 30.5 Å². The van der Waals surface area contributed by atoms with Gasteiger partial charge in [0.15, 0.2) is 0 Å². The fourth-order valence-corrected chi connectivity index (χ4v) is 7.95. The first-order chi connectivity index (χ1) is 32.1. The zero-order chi connectivity index (χ0) is 53.3. The van der Waals surface area contributed by atoms with Gasteiger partial charge in [-0.1, -0.05) is 96.3 Å². The van der Waals surface area contributed by atoms with Crippen molar-refractivity contribution in [2.24, 2.45) is 28.1 Å². The molecule has 0 aliphatic carbocycles. The van der Waals surface area contributed by atoms with Crippen molar-refractivity contribution in [3.8, 4) is 17.2 Å². The Morgan fingerprint density at radius 2 is 0.884 bits per heavy atom. The number of carboxylic acids is 1. The van der Waals surface area contributed by atoms with Crippen LogP contribution in [0, 0.1) is 69.6 Å². The summed E-state index contributed by atoms with van der Waals surface area (Å²) in [5.41, 5.74) is 5.02. The third kappa shape index (κ3) is 24.5. The summed E-state index contributed by atoms with van der Waals surface area (Å²) in [5.74, 6) is 2.61. The number of hydrogen-bond acceptors (Lipinski definition) is 8. The number of hydrogen-bond donors (Lipinski definition) is 2. The van der Waals surface area contributed by atoms with Crippen LogP contribution >= 0.6 is 59.4 Å². The third-order valence-corrected chi connectivity index (χ3v) is 15.3. The molecule has 3 aromatic rings. The molecule has 13 heteroatoms. The molecule has 9 nitrogen and oxygen atoms in total.